The van der Waals surface area contributed by atoms with Gasteiger partial charge in [-0.1, -0.05) is 0 Å². The largest absolute Gasteiger partial charge is 0.497 e. The second-order valence-corrected chi connectivity index (χ2v) is 7.33. The lowest BCUT2D eigenvalue weighted by molar-refractivity contribution is -0.111. The van der Waals surface area contributed by atoms with Crippen LogP contribution in [0.2, 0.25) is 0 Å². The minimum atomic E-state index is -0.137. The maximum absolute atomic E-state index is 12.3. The van der Waals surface area contributed by atoms with E-state index in [0.717, 1.165) is 54.3 Å². The molecule has 5 nitrogen and oxygen atoms in total. The van der Waals surface area contributed by atoms with E-state index in [9.17, 15) is 4.79 Å². The second kappa shape index (κ2) is 8.93. The normalized spacial score (nSPS) is 15.1. The average Bonchev–Trinajstić information content (AvgIpc) is 2.68. The Hall–Kier alpha value is -2.79. The van der Waals surface area contributed by atoms with Crippen LogP contribution >= 0.6 is 0 Å². The molecule has 5 heteroatoms. The van der Waals surface area contributed by atoms with E-state index in [2.05, 4.69) is 34.3 Å². The summed E-state index contributed by atoms with van der Waals surface area (Å²) in [6.07, 6.45) is 3.44. The number of anilines is 2. The van der Waals surface area contributed by atoms with Crippen LogP contribution in [-0.2, 0) is 4.79 Å². The smallest absolute Gasteiger partial charge is 0.248 e. The van der Waals surface area contributed by atoms with Gasteiger partial charge in [0.1, 0.15) is 5.75 Å². The number of piperazine rings is 1. The lowest BCUT2D eigenvalue weighted by Crippen LogP contribution is -2.44. The molecule has 0 atom stereocenters. The van der Waals surface area contributed by atoms with Gasteiger partial charge in [-0.2, -0.15) is 0 Å². The number of rotatable bonds is 5. The van der Waals surface area contributed by atoms with Gasteiger partial charge in [0.2, 0.25) is 5.91 Å². The molecule has 1 N–H and O–H groups in total. The van der Waals surface area contributed by atoms with Crippen LogP contribution in [0.15, 0.2) is 42.5 Å². The minimum absolute atomic E-state index is 0.137. The first kappa shape index (κ1) is 20.0. The molecular weight excluding hydrogens is 350 g/mol. The van der Waals surface area contributed by atoms with Crippen molar-refractivity contribution in [3.05, 3.63) is 59.2 Å². The Labute approximate surface area is 167 Å². The SMILES string of the molecule is COc1cc(C)c(/C=C/C(=O)Nc2ccc(N3CCN(C)CC3)cc2)c(C)c1. The summed E-state index contributed by atoms with van der Waals surface area (Å²) >= 11 is 0. The predicted octanol–water partition coefficient (Wildman–Crippen LogP) is 3.72. The van der Waals surface area contributed by atoms with E-state index in [1.807, 2.05) is 44.2 Å². The van der Waals surface area contributed by atoms with Crippen molar-refractivity contribution in [1.82, 2.24) is 4.90 Å². The Morgan fingerprint density at radius 1 is 1.04 bits per heavy atom. The standard InChI is InChI=1S/C23H29N3O2/c1-17-15-21(28-4)16-18(2)22(17)9-10-23(27)24-19-5-7-20(8-6-19)26-13-11-25(3)12-14-26/h5-10,15-16H,11-14H2,1-4H3,(H,24,27)/b10-9+. The van der Waals surface area contributed by atoms with E-state index in [-0.39, 0.29) is 5.91 Å². The van der Waals surface area contributed by atoms with Crippen molar-refractivity contribution in [3.8, 4) is 5.75 Å². The summed E-state index contributed by atoms with van der Waals surface area (Å²) in [5.74, 6) is 0.694. The van der Waals surface area contributed by atoms with Crippen LogP contribution in [0.1, 0.15) is 16.7 Å². The van der Waals surface area contributed by atoms with Crippen molar-refractivity contribution in [2.75, 3.05) is 50.6 Å². The van der Waals surface area contributed by atoms with Crippen molar-refractivity contribution in [2.45, 2.75) is 13.8 Å². The first-order valence-corrected chi connectivity index (χ1v) is 9.64. The first-order valence-electron chi connectivity index (χ1n) is 9.64. The third-order valence-corrected chi connectivity index (χ3v) is 5.21. The number of carbonyl (C=O) groups is 1. The Bertz CT molecular complexity index is 828. The fourth-order valence-corrected chi connectivity index (χ4v) is 3.48. The Balaban J connectivity index is 1.61. The summed E-state index contributed by atoms with van der Waals surface area (Å²) in [5.41, 5.74) is 5.21. The van der Waals surface area contributed by atoms with Gasteiger partial charge in [-0.05, 0) is 80.1 Å². The van der Waals surface area contributed by atoms with E-state index in [1.165, 1.54) is 5.69 Å². The molecule has 2 aromatic rings. The highest BCUT2D eigenvalue weighted by atomic mass is 16.5. The number of methoxy groups -OCH3 is 1. The molecule has 1 aliphatic rings. The number of amides is 1. The summed E-state index contributed by atoms with van der Waals surface area (Å²) in [4.78, 5) is 17.0. The number of benzene rings is 2. The summed E-state index contributed by atoms with van der Waals surface area (Å²) in [5, 5.41) is 2.93. The molecule has 0 spiro atoms. The zero-order chi connectivity index (χ0) is 20.1. The molecule has 1 heterocycles. The summed E-state index contributed by atoms with van der Waals surface area (Å²) in [7, 11) is 3.81. The highest BCUT2D eigenvalue weighted by Gasteiger charge is 2.14. The Morgan fingerprint density at radius 2 is 1.64 bits per heavy atom. The molecule has 3 rings (SSSR count). The molecule has 1 aliphatic heterocycles. The predicted molar refractivity (Wildman–Crippen MR) is 116 cm³/mol. The van der Waals surface area contributed by atoms with E-state index in [1.54, 1.807) is 13.2 Å². The maximum Gasteiger partial charge on any atom is 0.248 e. The fourth-order valence-electron chi connectivity index (χ4n) is 3.48. The van der Waals surface area contributed by atoms with Gasteiger partial charge >= 0.3 is 0 Å². The van der Waals surface area contributed by atoms with Gasteiger partial charge in [-0.15, -0.1) is 0 Å². The number of nitrogens with zero attached hydrogens (tertiary/aromatic N) is 2. The molecule has 0 saturated carbocycles. The third kappa shape index (κ3) is 4.93. The minimum Gasteiger partial charge on any atom is -0.497 e. The molecule has 0 aliphatic carbocycles. The van der Waals surface area contributed by atoms with E-state index in [4.69, 9.17) is 4.74 Å². The lowest BCUT2D eigenvalue weighted by Gasteiger charge is -2.34. The molecule has 1 amide bonds. The van der Waals surface area contributed by atoms with Crippen LogP contribution in [0.4, 0.5) is 11.4 Å². The van der Waals surface area contributed by atoms with Crippen molar-refractivity contribution >= 4 is 23.4 Å². The van der Waals surface area contributed by atoms with Crippen molar-refractivity contribution in [1.29, 1.82) is 0 Å². The molecule has 0 aromatic heterocycles. The molecule has 2 aromatic carbocycles. The summed E-state index contributed by atoms with van der Waals surface area (Å²) in [6, 6.07) is 12.0. The van der Waals surface area contributed by atoms with Gasteiger partial charge in [0.25, 0.3) is 0 Å². The monoisotopic (exact) mass is 379 g/mol. The van der Waals surface area contributed by atoms with Crippen molar-refractivity contribution in [3.63, 3.8) is 0 Å². The van der Waals surface area contributed by atoms with Crippen LogP contribution in [0, 0.1) is 13.8 Å². The zero-order valence-corrected chi connectivity index (χ0v) is 17.2. The number of hydrogen-bond acceptors (Lipinski definition) is 4. The molecule has 0 radical (unpaired) electrons. The topological polar surface area (TPSA) is 44.8 Å². The Morgan fingerprint density at radius 3 is 2.21 bits per heavy atom. The van der Waals surface area contributed by atoms with E-state index in [0.29, 0.717) is 0 Å². The van der Waals surface area contributed by atoms with Gasteiger partial charge in [0, 0.05) is 43.6 Å². The highest BCUT2D eigenvalue weighted by Crippen LogP contribution is 2.23. The third-order valence-electron chi connectivity index (χ3n) is 5.21. The average molecular weight is 380 g/mol. The zero-order valence-electron chi connectivity index (χ0n) is 17.2. The number of hydrogen-bond donors (Lipinski definition) is 1. The molecule has 0 unspecified atom stereocenters. The van der Waals surface area contributed by atoms with Crippen molar-refractivity contribution in [2.24, 2.45) is 0 Å². The Kier molecular flexibility index (Phi) is 6.37. The summed E-state index contributed by atoms with van der Waals surface area (Å²) in [6.45, 7) is 8.26. The number of aryl methyl sites for hydroxylation is 2. The molecule has 0 bridgehead atoms. The van der Waals surface area contributed by atoms with Crippen LogP contribution in [0.3, 0.4) is 0 Å². The number of likely N-dealkylation sites (N-methyl/N-ethyl adjacent to an activating group) is 1. The molecule has 1 fully saturated rings. The van der Waals surface area contributed by atoms with Gasteiger partial charge in [-0.3, -0.25) is 4.79 Å². The highest BCUT2D eigenvalue weighted by molar-refractivity contribution is 6.02. The molecule has 148 valence electrons. The van der Waals surface area contributed by atoms with Crippen LogP contribution in [0.5, 0.6) is 5.75 Å². The van der Waals surface area contributed by atoms with Crippen molar-refractivity contribution < 1.29 is 9.53 Å². The van der Waals surface area contributed by atoms with Crippen LogP contribution in [0.25, 0.3) is 6.08 Å². The maximum atomic E-state index is 12.3. The number of carbonyl (C=O) groups excluding carboxylic acids is 1. The second-order valence-electron chi connectivity index (χ2n) is 7.33. The fraction of sp³-hybridized carbons (Fsp3) is 0.348. The van der Waals surface area contributed by atoms with Gasteiger partial charge in [-0.25, -0.2) is 0 Å². The number of ether oxygens (including phenoxy) is 1. The molecule has 1 saturated heterocycles. The molecular formula is C23H29N3O2. The molecule has 28 heavy (non-hydrogen) atoms. The van der Waals surface area contributed by atoms with Gasteiger partial charge < -0.3 is 19.9 Å². The van der Waals surface area contributed by atoms with Gasteiger partial charge in [0.05, 0.1) is 7.11 Å². The van der Waals surface area contributed by atoms with E-state index < -0.39 is 0 Å². The van der Waals surface area contributed by atoms with Crippen LogP contribution < -0.4 is 15.0 Å². The quantitative estimate of drug-likeness (QED) is 0.805. The lowest BCUT2D eigenvalue weighted by atomic mass is 10.0. The number of nitrogens with one attached hydrogen (secondary N) is 1. The first-order chi connectivity index (χ1) is 13.5. The van der Waals surface area contributed by atoms with Gasteiger partial charge in [0.15, 0.2) is 0 Å². The van der Waals surface area contributed by atoms with Crippen LogP contribution in [-0.4, -0.2) is 51.1 Å². The van der Waals surface area contributed by atoms with E-state index >= 15 is 0 Å². The summed E-state index contributed by atoms with van der Waals surface area (Å²) < 4.78 is 5.28.